The zero-order chi connectivity index (χ0) is 24.1. The lowest BCUT2D eigenvalue weighted by Crippen LogP contribution is -2.35. The molecule has 3 aromatic carbocycles. The molecule has 34 heavy (non-hydrogen) atoms. The topological polar surface area (TPSA) is 67.9 Å². The second kappa shape index (κ2) is 10.6. The van der Waals surface area contributed by atoms with E-state index in [1.807, 2.05) is 48.5 Å². The van der Waals surface area contributed by atoms with E-state index in [9.17, 15) is 9.59 Å². The van der Waals surface area contributed by atoms with Gasteiger partial charge in [0, 0.05) is 41.7 Å². The lowest BCUT2D eigenvalue weighted by atomic mass is 9.87. The summed E-state index contributed by atoms with van der Waals surface area (Å²) in [6, 6.07) is 22.1. The number of halogens is 1. The number of methoxy groups -OCH3 is 2. The van der Waals surface area contributed by atoms with Gasteiger partial charge in [0.2, 0.25) is 5.91 Å². The SMILES string of the molecule is COc1ccc(OC)c(C2CN(C(=O)c3cccc(Cl)c3)CC2C(=O)NCc2ccccc2)c1. The highest BCUT2D eigenvalue weighted by molar-refractivity contribution is 6.30. The minimum absolute atomic E-state index is 0.111. The molecule has 1 aliphatic heterocycles. The third kappa shape index (κ3) is 5.18. The molecule has 2 unspecified atom stereocenters. The highest BCUT2D eigenvalue weighted by Crippen LogP contribution is 2.40. The number of carbonyl (C=O) groups excluding carboxylic acids is 2. The van der Waals surface area contributed by atoms with Crippen LogP contribution in [0.25, 0.3) is 0 Å². The van der Waals surface area contributed by atoms with Gasteiger partial charge in [0.1, 0.15) is 11.5 Å². The molecule has 0 radical (unpaired) electrons. The summed E-state index contributed by atoms with van der Waals surface area (Å²) >= 11 is 6.11. The Balaban J connectivity index is 1.63. The number of amides is 2. The van der Waals surface area contributed by atoms with Crippen LogP contribution in [-0.4, -0.2) is 44.0 Å². The quantitative estimate of drug-likeness (QED) is 0.541. The van der Waals surface area contributed by atoms with Gasteiger partial charge in [-0.2, -0.15) is 0 Å². The van der Waals surface area contributed by atoms with E-state index in [4.69, 9.17) is 21.1 Å². The van der Waals surface area contributed by atoms with E-state index in [0.29, 0.717) is 35.2 Å². The van der Waals surface area contributed by atoms with E-state index in [1.165, 1.54) is 0 Å². The first-order valence-electron chi connectivity index (χ1n) is 11.1. The van der Waals surface area contributed by atoms with E-state index in [-0.39, 0.29) is 24.3 Å². The number of hydrogen-bond donors (Lipinski definition) is 1. The summed E-state index contributed by atoms with van der Waals surface area (Å²) < 4.78 is 11.0. The summed E-state index contributed by atoms with van der Waals surface area (Å²) in [5.74, 6) is 0.340. The maximum absolute atomic E-state index is 13.4. The van der Waals surface area contributed by atoms with Crippen molar-refractivity contribution in [3.63, 3.8) is 0 Å². The van der Waals surface area contributed by atoms with Crippen molar-refractivity contribution in [3.05, 3.63) is 94.5 Å². The van der Waals surface area contributed by atoms with Gasteiger partial charge in [-0.3, -0.25) is 9.59 Å². The van der Waals surface area contributed by atoms with Crippen LogP contribution in [0.3, 0.4) is 0 Å². The van der Waals surface area contributed by atoms with Gasteiger partial charge in [0.15, 0.2) is 0 Å². The zero-order valence-corrected chi connectivity index (χ0v) is 19.9. The molecule has 1 N–H and O–H groups in total. The number of rotatable bonds is 7. The van der Waals surface area contributed by atoms with E-state index in [2.05, 4.69) is 5.32 Å². The van der Waals surface area contributed by atoms with Gasteiger partial charge in [0.05, 0.1) is 20.1 Å². The summed E-state index contributed by atoms with van der Waals surface area (Å²) in [6.07, 6.45) is 0. The third-order valence-corrected chi connectivity index (χ3v) is 6.40. The Hall–Kier alpha value is -3.51. The summed E-state index contributed by atoms with van der Waals surface area (Å²) in [5, 5.41) is 3.54. The number of nitrogens with one attached hydrogen (secondary N) is 1. The Kier molecular flexibility index (Phi) is 7.38. The van der Waals surface area contributed by atoms with E-state index in [1.54, 1.807) is 43.4 Å². The molecule has 7 heteroatoms. The van der Waals surface area contributed by atoms with Gasteiger partial charge < -0.3 is 19.7 Å². The molecule has 4 rings (SSSR count). The average Bonchev–Trinajstić information content (AvgIpc) is 3.32. The molecule has 176 valence electrons. The molecule has 0 saturated carbocycles. The van der Waals surface area contributed by atoms with Gasteiger partial charge in [-0.15, -0.1) is 0 Å². The van der Waals surface area contributed by atoms with Crippen LogP contribution in [0.1, 0.15) is 27.4 Å². The minimum Gasteiger partial charge on any atom is -0.497 e. The van der Waals surface area contributed by atoms with Gasteiger partial charge in [0.25, 0.3) is 5.91 Å². The summed E-state index contributed by atoms with van der Waals surface area (Å²) in [4.78, 5) is 28.4. The Labute approximate surface area is 204 Å². The monoisotopic (exact) mass is 478 g/mol. The molecule has 1 heterocycles. The number of ether oxygens (including phenoxy) is 2. The van der Waals surface area contributed by atoms with Crippen LogP contribution in [0.4, 0.5) is 0 Å². The molecule has 6 nitrogen and oxygen atoms in total. The smallest absolute Gasteiger partial charge is 0.253 e. The second-order valence-corrected chi connectivity index (χ2v) is 8.68. The van der Waals surface area contributed by atoms with Crippen molar-refractivity contribution >= 4 is 23.4 Å². The Bertz CT molecular complexity index is 1170. The van der Waals surface area contributed by atoms with Crippen molar-refractivity contribution in [2.24, 2.45) is 5.92 Å². The number of benzene rings is 3. The first-order valence-corrected chi connectivity index (χ1v) is 11.5. The molecular formula is C27H27ClN2O4. The number of likely N-dealkylation sites (tertiary alicyclic amines) is 1. The fourth-order valence-electron chi connectivity index (χ4n) is 4.40. The van der Waals surface area contributed by atoms with Crippen LogP contribution in [0, 0.1) is 5.92 Å². The van der Waals surface area contributed by atoms with Gasteiger partial charge in [-0.1, -0.05) is 48.0 Å². The normalized spacial score (nSPS) is 17.3. The molecule has 2 atom stereocenters. The van der Waals surface area contributed by atoms with E-state index < -0.39 is 5.92 Å². The van der Waals surface area contributed by atoms with Crippen molar-refractivity contribution < 1.29 is 19.1 Å². The minimum atomic E-state index is -0.451. The van der Waals surface area contributed by atoms with Crippen LogP contribution < -0.4 is 14.8 Å². The average molecular weight is 479 g/mol. The number of carbonyl (C=O) groups is 2. The van der Waals surface area contributed by atoms with Crippen LogP contribution in [-0.2, 0) is 11.3 Å². The fourth-order valence-corrected chi connectivity index (χ4v) is 4.59. The summed E-state index contributed by atoms with van der Waals surface area (Å²) in [5.41, 5.74) is 2.34. The highest BCUT2D eigenvalue weighted by Gasteiger charge is 2.42. The van der Waals surface area contributed by atoms with Crippen LogP contribution >= 0.6 is 11.6 Å². The van der Waals surface area contributed by atoms with Crippen molar-refractivity contribution in [2.75, 3.05) is 27.3 Å². The van der Waals surface area contributed by atoms with Gasteiger partial charge in [-0.25, -0.2) is 0 Å². The maximum Gasteiger partial charge on any atom is 0.253 e. The zero-order valence-electron chi connectivity index (χ0n) is 19.2. The molecule has 0 aliphatic carbocycles. The molecule has 0 aromatic heterocycles. The van der Waals surface area contributed by atoms with Gasteiger partial charge >= 0.3 is 0 Å². The standard InChI is InChI=1S/C27H27ClN2O4/c1-33-21-11-12-25(34-2)22(14-21)23-16-30(27(32)19-9-6-10-20(28)13-19)17-24(23)26(31)29-15-18-7-4-3-5-8-18/h3-14,23-24H,15-17H2,1-2H3,(H,29,31). The van der Waals surface area contributed by atoms with Crippen molar-refractivity contribution in [3.8, 4) is 11.5 Å². The largest absolute Gasteiger partial charge is 0.497 e. The molecule has 1 saturated heterocycles. The van der Waals surface area contributed by atoms with E-state index >= 15 is 0 Å². The Morgan fingerprint density at radius 2 is 1.76 bits per heavy atom. The number of hydrogen-bond acceptors (Lipinski definition) is 4. The maximum atomic E-state index is 13.4. The first kappa shape index (κ1) is 23.6. The van der Waals surface area contributed by atoms with Crippen molar-refractivity contribution in [1.29, 1.82) is 0 Å². The molecule has 3 aromatic rings. The van der Waals surface area contributed by atoms with Crippen LogP contribution in [0.5, 0.6) is 11.5 Å². The molecular weight excluding hydrogens is 452 g/mol. The molecule has 1 fully saturated rings. The summed E-state index contributed by atoms with van der Waals surface area (Å²) in [6.45, 7) is 1.08. The first-order chi connectivity index (χ1) is 16.5. The molecule has 0 spiro atoms. The van der Waals surface area contributed by atoms with Crippen LogP contribution in [0.2, 0.25) is 5.02 Å². The molecule has 0 bridgehead atoms. The van der Waals surface area contributed by atoms with Gasteiger partial charge in [-0.05, 0) is 42.0 Å². The fraction of sp³-hybridized carbons (Fsp3) is 0.259. The highest BCUT2D eigenvalue weighted by atomic mass is 35.5. The lowest BCUT2D eigenvalue weighted by molar-refractivity contribution is -0.125. The second-order valence-electron chi connectivity index (χ2n) is 8.24. The predicted molar refractivity (Wildman–Crippen MR) is 131 cm³/mol. The Morgan fingerprint density at radius 1 is 0.971 bits per heavy atom. The third-order valence-electron chi connectivity index (χ3n) is 6.16. The Morgan fingerprint density at radius 3 is 2.47 bits per heavy atom. The van der Waals surface area contributed by atoms with E-state index in [0.717, 1.165) is 11.1 Å². The predicted octanol–water partition coefficient (Wildman–Crippen LogP) is 4.53. The van der Waals surface area contributed by atoms with Crippen molar-refractivity contribution in [2.45, 2.75) is 12.5 Å². The molecule has 1 aliphatic rings. The summed E-state index contributed by atoms with van der Waals surface area (Å²) in [7, 11) is 3.19. The molecule has 2 amide bonds. The lowest BCUT2D eigenvalue weighted by Gasteiger charge is -2.21. The number of nitrogens with zero attached hydrogens (tertiary/aromatic N) is 1. The van der Waals surface area contributed by atoms with Crippen LogP contribution in [0.15, 0.2) is 72.8 Å². The van der Waals surface area contributed by atoms with Crippen molar-refractivity contribution in [1.82, 2.24) is 10.2 Å².